The van der Waals surface area contributed by atoms with E-state index < -0.39 is 11.7 Å². The van der Waals surface area contributed by atoms with Crippen molar-refractivity contribution in [1.82, 2.24) is 16.0 Å². The second kappa shape index (κ2) is 11.1. The Labute approximate surface area is 173 Å². The van der Waals surface area contributed by atoms with E-state index in [1.54, 1.807) is 20.2 Å². The van der Waals surface area contributed by atoms with E-state index in [1.807, 2.05) is 18.2 Å². The number of carbonyl (C=O) groups excluding carboxylic acids is 1. The van der Waals surface area contributed by atoms with Gasteiger partial charge in [-0.1, -0.05) is 12.1 Å². The van der Waals surface area contributed by atoms with Crippen LogP contribution in [0.25, 0.3) is 0 Å². The lowest BCUT2D eigenvalue weighted by molar-refractivity contribution is -0.137. The maximum atomic E-state index is 12.5. The van der Waals surface area contributed by atoms with Crippen molar-refractivity contribution in [2.75, 3.05) is 33.8 Å². The predicted octanol–water partition coefficient (Wildman–Crippen LogP) is 2.85. The third-order valence-electron chi connectivity index (χ3n) is 4.19. The zero-order valence-corrected chi connectivity index (χ0v) is 16.8. The molecule has 0 aromatic heterocycles. The van der Waals surface area contributed by atoms with Gasteiger partial charge in [0.25, 0.3) is 5.91 Å². The summed E-state index contributed by atoms with van der Waals surface area (Å²) < 4.78 is 43.1. The van der Waals surface area contributed by atoms with Crippen molar-refractivity contribution in [2.45, 2.75) is 12.6 Å². The molecule has 0 aliphatic heterocycles. The van der Waals surface area contributed by atoms with Gasteiger partial charge in [-0.2, -0.15) is 13.2 Å². The number of hydrogen-bond donors (Lipinski definition) is 3. The first kappa shape index (κ1) is 23.1. The molecule has 0 heterocycles. The molecule has 3 N–H and O–H groups in total. The number of rotatable bonds is 8. The summed E-state index contributed by atoms with van der Waals surface area (Å²) in [5.41, 5.74) is 0.918. The number of benzene rings is 2. The van der Waals surface area contributed by atoms with E-state index in [-0.39, 0.29) is 12.5 Å². The van der Waals surface area contributed by atoms with Crippen LogP contribution in [0.4, 0.5) is 13.2 Å². The molecule has 2 aromatic rings. The van der Waals surface area contributed by atoms with Gasteiger partial charge in [-0.3, -0.25) is 9.79 Å². The van der Waals surface area contributed by atoms with E-state index in [0.717, 1.165) is 17.7 Å². The Kier molecular flexibility index (Phi) is 8.52. The van der Waals surface area contributed by atoms with Gasteiger partial charge < -0.3 is 20.7 Å². The number of halogens is 3. The highest BCUT2D eigenvalue weighted by molar-refractivity contribution is 5.94. The van der Waals surface area contributed by atoms with Crippen LogP contribution in [0.2, 0.25) is 0 Å². The number of aliphatic imine (C=N–C) groups is 1. The third-order valence-corrected chi connectivity index (χ3v) is 4.19. The fourth-order valence-corrected chi connectivity index (χ4v) is 2.64. The first-order valence-electron chi connectivity index (χ1n) is 9.39. The molecule has 0 bridgehead atoms. The molecule has 9 heteroatoms. The Bertz CT molecular complexity index is 852. The summed E-state index contributed by atoms with van der Waals surface area (Å²) in [4.78, 5) is 15.8. The average molecular weight is 422 g/mol. The fourth-order valence-electron chi connectivity index (χ4n) is 2.64. The van der Waals surface area contributed by atoms with E-state index in [1.165, 1.54) is 12.1 Å². The molecule has 0 spiro atoms. The summed E-state index contributed by atoms with van der Waals surface area (Å²) in [5, 5.41) is 8.83. The molecule has 6 nitrogen and oxygen atoms in total. The molecular formula is C21H25F3N4O2. The molecule has 30 heavy (non-hydrogen) atoms. The van der Waals surface area contributed by atoms with E-state index >= 15 is 0 Å². The summed E-state index contributed by atoms with van der Waals surface area (Å²) in [7, 11) is 3.23. The van der Waals surface area contributed by atoms with E-state index in [0.29, 0.717) is 36.8 Å². The topological polar surface area (TPSA) is 74.8 Å². The zero-order chi connectivity index (χ0) is 22.0. The monoisotopic (exact) mass is 422 g/mol. The first-order valence-corrected chi connectivity index (χ1v) is 9.39. The van der Waals surface area contributed by atoms with Crippen LogP contribution in [0, 0.1) is 0 Å². The molecule has 0 aliphatic rings. The number of guanidine groups is 1. The van der Waals surface area contributed by atoms with Crippen molar-refractivity contribution < 1.29 is 22.7 Å². The number of nitrogens with zero attached hydrogens (tertiary/aromatic N) is 1. The second-order valence-electron chi connectivity index (χ2n) is 6.33. The van der Waals surface area contributed by atoms with Crippen LogP contribution in [0.15, 0.2) is 53.5 Å². The van der Waals surface area contributed by atoms with Crippen LogP contribution in [0.5, 0.6) is 5.75 Å². The number of nitrogens with one attached hydrogen (secondary N) is 3. The predicted molar refractivity (Wildman–Crippen MR) is 110 cm³/mol. The summed E-state index contributed by atoms with van der Waals surface area (Å²) in [5.74, 6) is 0.813. The Morgan fingerprint density at radius 3 is 2.40 bits per heavy atom. The minimum absolute atomic E-state index is 0.129. The van der Waals surface area contributed by atoms with Crippen molar-refractivity contribution in [3.63, 3.8) is 0 Å². The van der Waals surface area contributed by atoms with Gasteiger partial charge in [-0.05, 0) is 48.4 Å². The maximum Gasteiger partial charge on any atom is 0.416 e. The van der Waals surface area contributed by atoms with Crippen LogP contribution in [-0.2, 0) is 12.6 Å². The minimum atomic E-state index is -4.36. The van der Waals surface area contributed by atoms with Gasteiger partial charge in [0.2, 0.25) is 0 Å². The Hall–Kier alpha value is -3.23. The average Bonchev–Trinajstić information content (AvgIpc) is 2.74. The van der Waals surface area contributed by atoms with Gasteiger partial charge in [0.15, 0.2) is 5.96 Å². The lowest BCUT2D eigenvalue weighted by Gasteiger charge is -2.13. The molecule has 0 radical (unpaired) electrons. The first-order chi connectivity index (χ1) is 14.3. The van der Waals surface area contributed by atoms with Crippen LogP contribution in [-0.4, -0.2) is 45.7 Å². The van der Waals surface area contributed by atoms with Crippen molar-refractivity contribution in [3.05, 3.63) is 65.2 Å². The highest BCUT2D eigenvalue weighted by atomic mass is 19.4. The van der Waals surface area contributed by atoms with Crippen LogP contribution < -0.4 is 20.7 Å². The van der Waals surface area contributed by atoms with Gasteiger partial charge in [0.1, 0.15) is 12.4 Å². The number of carbonyl (C=O) groups is 1. The molecular weight excluding hydrogens is 397 g/mol. The number of alkyl halides is 3. The smallest absolute Gasteiger partial charge is 0.416 e. The van der Waals surface area contributed by atoms with Crippen LogP contribution in [0.1, 0.15) is 21.5 Å². The van der Waals surface area contributed by atoms with Gasteiger partial charge in [0.05, 0.1) is 12.1 Å². The Morgan fingerprint density at radius 1 is 1.07 bits per heavy atom. The molecule has 0 atom stereocenters. The highest BCUT2D eigenvalue weighted by Crippen LogP contribution is 2.30. The minimum Gasteiger partial charge on any atom is -0.492 e. The number of hydrogen-bond acceptors (Lipinski definition) is 3. The second-order valence-corrected chi connectivity index (χ2v) is 6.33. The summed E-state index contributed by atoms with van der Waals surface area (Å²) in [6.07, 6.45) is -3.66. The van der Waals surface area contributed by atoms with E-state index in [4.69, 9.17) is 4.74 Å². The summed E-state index contributed by atoms with van der Waals surface area (Å²) in [6.45, 7) is 1.30. The van der Waals surface area contributed by atoms with Crippen LogP contribution >= 0.6 is 0 Å². The number of ether oxygens (including phenoxy) is 1. The molecule has 0 saturated heterocycles. The largest absolute Gasteiger partial charge is 0.492 e. The molecule has 0 fully saturated rings. The molecule has 0 saturated carbocycles. The number of amides is 1. The molecule has 2 aromatic carbocycles. The van der Waals surface area contributed by atoms with Crippen molar-refractivity contribution in [3.8, 4) is 5.75 Å². The molecule has 1 amide bonds. The molecule has 2 rings (SSSR count). The summed E-state index contributed by atoms with van der Waals surface area (Å²) >= 11 is 0. The molecule has 0 aliphatic carbocycles. The normalized spacial score (nSPS) is 11.7. The van der Waals surface area contributed by atoms with Crippen molar-refractivity contribution in [2.24, 2.45) is 4.99 Å². The van der Waals surface area contributed by atoms with Gasteiger partial charge in [-0.25, -0.2) is 0 Å². The fraction of sp³-hybridized carbons (Fsp3) is 0.333. The third kappa shape index (κ3) is 7.31. The van der Waals surface area contributed by atoms with Crippen molar-refractivity contribution in [1.29, 1.82) is 0 Å². The Morgan fingerprint density at radius 2 is 1.77 bits per heavy atom. The SMILES string of the molecule is CN=C(NCCOc1ccc(C(F)(F)F)cc1)NCCc1cccc(C(=O)NC)c1. The van der Waals surface area contributed by atoms with E-state index in [2.05, 4.69) is 20.9 Å². The Balaban J connectivity index is 1.71. The lowest BCUT2D eigenvalue weighted by Crippen LogP contribution is -2.40. The van der Waals surface area contributed by atoms with Crippen molar-refractivity contribution >= 4 is 11.9 Å². The maximum absolute atomic E-state index is 12.5. The lowest BCUT2D eigenvalue weighted by atomic mass is 10.1. The van der Waals surface area contributed by atoms with E-state index in [9.17, 15) is 18.0 Å². The quantitative estimate of drug-likeness (QED) is 0.348. The van der Waals surface area contributed by atoms with Gasteiger partial charge >= 0.3 is 6.18 Å². The standard InChI is InChI=1S/C21H25F3N4O2/c1-25-19(29)16-5-3-4-15(14-16)10-11-27-20(26-2)28-12-13-30-18-8-6-17(7-9-18)21(22,23)24/h3-9,14H,10-13H2,1-2H3,(H,25,29)(H2,26,27,28). The zero-order valence-electron chi connectivity index (χ0n) is 16.8. The molecule has 0 unspecified atom stereocenters. The van der Waals surface area contributed by atoms with Crippen LogP contribution in [0.3, 0.4) is 0 Å². The highest BCUT2D eigenvalue weighted by Gasteiger charge is 2.29. The molecule has 162 valence electrons. The summed E-state index contributed by atoms with van der Waals surface area (Å²) in [6, 6.07) is 12.0. The van der Waals surface area contributed by atoms with Gasteiger partial charge in [0, 0.05) is 26.2 Å². The van der Waals surface area contributed by atoms with Gasteiger partial charge in [-0.15, -0.1) is 0 Å².